The first kappa shape index (κ1) is 9.36. The SMILES string of the molecule is OC1(CNc2nnc(Br)s2)CCC1. The topological polar surface area (TPSA) is 58.0 Å². The number of nitrogens with one attached hydrogen (secondary N) is 1. The van der Waals surface area contributed by atoms with Crippen molar-refractivity contribution in [3.8, 4) is 0 Å². The highest BCUT2D eigenvalue weighted by Gasteiger charge is 2.34. The minimum Gasteiger partial charge on any atom is -0.388 e. The minimum absolute atomic E-state index is 0.502. The number of nitrogens with zero attached hydrogens (tertiary/aromatic N) is 2. The molecule has 0 radical (unpaired) electrons. The fourth-order valence-corrected chi connectivity index (χ4v) is 2.29. The zero-order valence-electron chi connectivity index (χ0n) is 6.96. The molecule has 6 heteroatoms. The van der Waals surface area contributed by atoms with Gasteiger partial charge in [0.15, 0.2) is 3.92 Å². The Kier molecular flexibility index (Phi) is 2.53. The number of hydrogen-bond acceptors (Lipinski definition) is 5. The first-order chi connectivity index (χ1) is 6.18. The predicted molar refractivity (Wildman–Crippen MR) is 54.9 cm³/mol. The number of aromatic nitrogens is 2. The Morgan fingerprint density at radius 2 is 2.31 bits per heavy atom. The monoisotopic (exact) mass is 263 g/mol. The molecule has 1 aromatic rings. The molecule has 72 valence electrons. The van der Waals surface area contributed by atoms with E-state index in [4.69, 9.17) is 0 Å². The van der Waals surface area contributed by atoms with Gasteiger partial charge in [0, 0.05) is 6.54 Å². The number of hydrogen-bond donors (Lipinski definition) is 2. The zero-order valence-corrected chi connectivity index (χ0v) is 9.36. The van der Waals surface area contributed by atoms with Gasteiger partial charge >= 0.3 is 0 Å². The van der Waals surface area contributed by atoms with Gasteiger partial charge < -0.3 is 10.4 Å². The van der Waals surface area contributed by atoms with Crippen LogP contribution in [0.2, 0.25) is 0 Å². The van der Waals surface area contributed by atoms with E-state index < -0.39 is 5.60 Å². The van der Waals surface area contributed by atoms with E-state index in [2.05, 4.69) is 31.4 Å². The predicted octanol–water partition coefficient (Wildman–Crippen LogP) is 1.63. The lowest BCUT2D eigenvalue weighted by molar-refractivity contribution is -0.0202. The number of aliphatic hydroxyl groups is 1. The second-order valence-electron chi connectivity index (χ2n) is 3.29. The van der Waals surface area contributed by atoms with Gasteiger partial charge in [-0.3, -0.25) is 0 Å². The number of halogens is 1. The van der Waals surface area contributed by atoms with Crippen LogP contribution in [0.25, 0.3) is 0 Å². The first-order valence-corrected chi connectivity index (χ1v) is 5.74. The van der Waals surface area contributed by atoms with Gasteiger partial charge in [-0.25, -0.2) is 0 Å². The van der Waals surface area contributed by atoms with E-state index in [1.54, 1.807) is 0 Å². The van der Waals surface area contributed by atoms with Crippen molar-refractivity contribution < 1.29 is 5.11 Å². The van der Waals surface area contributed by atoms with Crippen molar-refractivity contribution >= 4 is 32.4 Å². The van der Waals surface area contributed by atoms with E-state index >= 15 is 0 Å². The van der Waals surface area contributed by atoms with Crippen LogP contribution in [0.15, 0.2) is 3.92 Å². The molecule has 13 heavy (non-hydrogen) atoms. The minimum atomic E-state index is -0.502. The normalized spacial score (nSPS) is 19.5. The molecule has 1 saturated carbocycles. The van der Waals surface area contributed by atoms with E-state index in [0.717, 1.165) is 28.3 Å². The van der Waals surface area contributed by atoms with E-state index in [1.165, 1.54) is 11.3 Å². The maximum Gasteiger partial charge on any atom is 0.206 e. The van der Waals surface area contributed by atoms with Crippen molar-refractivity contribution in [2.24, 2.45) is 0 Å². The van der Waals surface area contributed by atoms with Gasteiger partial charge in [-0.2, -0.15) is 0 Å². The lowest BCUT2D eigenvalue weighted by Crippen LogP contribution is -2.43. The highest BCUT2D eigenvalue weighted by Crippen LogP contribution is 2.32. The molecule has 4 nitrogen and oxygen atoms in total. The van der Waals surface area contributed by atoms with Crippen LogP contribution >= 0.6 is 27.3 Å². The molecule has 0 unspecified atom stereocenters. The second-order valence-corrected chi connectivity index (χ2v) is 5.55. The lowest BCUT2D eigenvalue weighted by Gasteiger charge is -2.36. The molecule has 1 aliphatic carbocycles. The number of rotatable bonds is 3. The van der Waals surface area contributed by atoms with Crippen LogP contribution in [-0.2, 0) is 0 Å². The van der Waals surface area contributed by atoms with Gasteiger partial charge in [0.05, 0.1) is 5.60 Å². The first-order valence-electron chi connectivity index (χ1n) is 4.13. The van der Waals surface area contributed by atoms with Crippen LogP contribution in [-0.4, -0.2) is 27.4 Å². The van der Waals surface area contributed by atoms with Gasteiger partial charge in [0.25, 0.3) is 0 Å². The highest BCUT2D eigenvalue weighted by molar-refractivity contribution is 9.11. The highest BCUT2D eigenvalue weighted by atomic mass is 79.9. The summed E-state index contributed by atoms with van der Waals surface area (Å²) in [6.45, 7) is 0.578. The quantitative estimate of drug-likeness (QED) is 0.871. The molecule has 0 aliphatic heterocycles. The summed E-state index contributed by atoms with van der Waals surface area (Å²) >= 11 is 4.66. The molecule has 0 bridgehead atoms. The Bertz CT molecular complexity index is 300. The Labute approximate surface area is 88.5 Å². The smallest absolute Gasteiger partial charge is 0.206 e. The third kappa shape index (κ3) is 2.18. The third-order valence-corrected chi connectivity index (χ3v) is 3.57. The molecule has 1 heterocycles. The summed E-state index contributed by atoms with van der Waals surface area (Å²) in [5.41, 5.74) is -0.502. The summed E-state index contributed by atoms with van der Waals surface area (Å²) in [4.78, 5) is 0. The molecular weight excluding hydrogens is 254 g/mol. The van der Waals surface area contributed by atoms with Crippen LogP contribution in [0.3, 0.4) is 0 Å². The van der Waals surface area contributed by atoms with E-state index in [9.17, 15) is 5.11 Å². The summed E-state index contributed by atoms with van der Waals surface area (Å²) in [7, 11) is 0. The molecule has 0 saturated heterocycles. The molecule has 0 aromatic carbocycles. The van der Waals surface area contributed by atoms with Crippen LogP contribution in [0.4, 0.5) is 5.13 Å². The van der Waals surface area contributed by atoms with Gasteiger partial charge in [-0.05, 0) is 35.2 Å². The summed E-state index contributed by atoms with van der Waals surface area (Å²) in [5.74, 6) is 0. The molecule has 0 atom stereocenters. The van der Waals surface area contributed by atoms with Gasteiger partial charge in [-0.15, -0.1) is 10.2 Å². The third-order valence-electron chi connectivity index (χ3n) is 2.25. The standard InChI is InChI=1S/C7H10BrN3OS/c8-5-10-11-6(13-5)9-4-7(12)2-1-3-7/h12H,1-4H2,(H,9,11). The molecule has 1 aromatic heterocycles. The maximum absolute atomic E-state index is 9.76. The molecule has 2 rings (SSSR count). The summed E-state index contributed by atoms with van der Waals surface area (Å²) in [5, 5.41) is 21.3. The second kappa shape index (κ2) is 3.51. The van der Waals surface area contributed by atoms with Gasteiger partial charge in [0.2, 0.25) is 5.13 Å². The lowest BCUT2D eigenvalue weighted by atomic mass is 9.80. The van der Waals surface area contributed by atoms with Crippen LogP contribution in [0.1, 0.15) is 19.3 Å². The van der Waals surface area contributed by atoms with Crippen LogP contribution in [0.5, 0.6) is 0 Å². The zero-order chi connectivity index (χ0) is 9.31. The fraction of sp³-hybridized carbons (Fsp3) is 0.714. The van der Waals surface area contributed by atoms with E-state index in [0.29, 0.717) is 6.54 Å². The summed E-state index contributed by atoms with van der Waals surface area (Å²) < 4.78 is 0.760. The number of anilines is 1. The van der Waals surface area contributed by atoms with Crippen molar-refractivity contribution in [3.63, 3.8) is 0 Å². The van der Waals surface area contributed by atoms with Crippen molar-refractivity contribution in [3.05, 3.63) is 3.92 Å². The van der Waals surface area contributed by atoms with Crippen LogP contribution < -0.4 is 5.32 Å². The average Bonchev–Trinajstić information content (AvgIpc) is 2.44. The molecular formula is C7H10BrN3OS. The van der Waals surface area contributed by atoms with Crippen molar-refractivity contribution in [1.82, 2.24) is 10.2 Å². The van der Waals surface area contributed by atoms with E-state index in [1.807, 2.05) is 0 Å². The maximum atomic E-state index is 9.76. The molecule has 0 spiro atoms. The van der Waals surface area contributed by atoms with Crippen LogP contribution in [0, 0.1) is 0 Å². The van der Waals surface area contributed by atoms with Crippen molar-refractivity contribution in [2.75, 3.05) is 11.9 Å². The van der Waals surface area contributed by atoms with Crippen molar-refractivity contribution in [1.29, 1.82) is 0 Å². The van der Waals surface area contributed by atoms with Gasteiger partial charge in [-0.1, -0.05) is 11.3 Å². The van der Waals surface area contributed by atoms with Gasteiger partial charge in [0.1, 0.15) is 0 Å². The Morgan fingerprint density at radius 1 is 1.54 bits per heavy atom. The van der Waals surface area contributed by atoms with Crippen molar-refractivity contribution in [2.45, 2.75) is 24.9 Å². The molecule has 2 N–H and O–H groups in total. The molecule has 1 aliphatic rings. The Morgan fingerprint density at radius 3 is 2.77 bits per heavy atom. The average molecular weight is 264 g/mol. The Balaban J connectivity index is 1.85. The molecule has 1 fully saturated rings. The van der Waals surface area contributed by atoms with E-state index in [-0.39, 0.29) is 0 Å². The fourth-order valence-electron chi connectivity index (χ4n) is 1.28. The summed E-state index contributed by atoms with van der Waals surface area (Å²) in [6.07, 6.45) is 2.90. The molecule has 0 amide bonds. The Hall–Kier alpha value is -0.200. The summed E-state index contributed by atoms with van der Waals surface area (Å²) in [6, 6.07) is 0. The largest absolute Gasteiger partial charge is 0.388 e.